The smallest absolute Gasteiger partial charge is 0.272 e. The standard InChI is InChI=1S/C42H45ClFN9O6/c1-42(44)18-28-27(40(57)53(41(28)58)34-9-11-37(54)47-39(34)56)17-35(42)52-21-30-29(31(30)22-52)20-50-12-14-51(15-13-50)36-10-8-33(48-49-36)38(55)46-24-3-6-25(7-4-24)59-26-5-2-23(19-45)32(43)16-26/h2,5,8,10,16-17,24-25,29-31,34H,3-4,6-7,9,11-15,18,20-22H2,1H3,(H,46,55)(H,47,54,56)/t24-,25-,29-,30-,31+,34?,42?. The van der Waals surface area contributed by atoms with Crippen molar-refractivity contribution in [1.82, 2.24) is 35.5 Å². The first-order valence-corrected chi connectivity index (χ1v) is 20.8. The fourth-order valence-corrected chi connectivity index (χ4v) is 10.1. The molecule has 0 radical (unpaired) electrons. The van der Waals surface area contributed by atoms with Gasteiger partial charge in [0.1, 0.15) is 17.9 Å². The molecule has 2 unspecified atom stereocenters. The Kier molecular flexibility index (Phi) is 10.2. The lowest BCUT2D eigenvalue weighted by atomic mass is 9.85. The van der Waals surface area contributed by atoms with E-state index in [0.717, 1.165) is 69.1 Å². The van der Waals surface area contributed by atoms with Gasteiger partial charge in [-0.15, -0.1) is 10.2 Å². The molecule has 4 aliphatic heterocycles. The van der Waals surface area contributed by atoms with Crippen molar-refractivity contribution in [3.8, 4) is 11.8 Å². The minimum Gasteiger partial charge on any atom is -0.490 e. The number of aromatic nitrogens is 2. The number of likely N-dealkylation sites (tertiary alicyclic amines) is 1. The van der Waals surface area contributed by atoms with Gasteiger partial charge in [0.05, 0.1) is 28.0 Å². The third-order valence-electron chi connectivity index (χ3n) is 13.2. The van der Waals surface area contributed by atoms with Crippen molar-refractivity contribution in [2.45, 2.75) is 75.7 Å². The molecule has 15 nitrogen and oxygen atoms in total. The minimum absolute atomic E-state index is 0.00625. The second-order valence-electron chi connectivity index (χ2n) is 17.0. The molecule has 17 heteroatoms. The van der Waals surface area contributed by atoms with Crippen molar-refractivity contribution < 1.29 is 33.1 Å². The molecule has 3 aliphatic carbocycles. The first-order valence-electron chi connectivity index (χ1n) is 20.5. The predicted molar refractivity (Wildman–Crippen MR) is 210 cm³/mol. The largest absolute Gasteiger partial charge is 0.490 e. The Hall–Kier alpha value is -5.40. The number of imide groups is 2. The minimum atomic E-state index is -1.84. The second-order valence-corrected chi connectivity index (χ2v) is 17.4. The maximum absolute atomic E-state index is 16.3. The van der Waals surface area contributed by atoms with Crippen molar-refractivity contribution in [3.05, 3.63) is 69.5 Å². The Balaban J connectivity index is 0.715. The number of halogens is 2. The number of nitrogens with zero attached hydrogens (tertiary/aromatic N) is 7. The van der Waals surface area contributed by atoms with E-state index in [1.54, 1.807) is 24.3 Å². The Morgan fingerprint density at radius 2 is 1.75 bits per heavy atom. The molecule has 5 heterocycles. The first-order chi connectivity index (χ1) is 28.4. The van der Waals surface area contributed by atoms with E-state index in [9.17, 15) is 24.0 Å². The summed E-state index contributed by atoms with van der Waals surface area (Å²) in [6.07, 6.45) is 4.47. The van der Waals surface area contributed by atoms with Crippen LogP contribution in [0.3, 0.4) is 0 Å². The summed E-state index contributed by atoms with van der Waals surface area (Å²) < 4.78 is 22.3. The Morgan fingerprint density at radius 3 is 2.41 bits per heavy atom. The maximum atomic E-state index is 16.3. The lowest BCUT2D eigenvalue weighted by Crippen LogP contribution is -2.54. The number of nitriles is 1. The highest BCUT2D eigenvalue weighted by molar-refractivity contribution is 6.31. The molecule has 1 aromatic heterocycles. The summed E-state index contributed by atoms with van der Waals surface area (Å²) in [5.74, 6) is 0.0739. The number of benzene rings is 1. The van der Waals surface area contributed by atoms with Crippen molar-refractivity contribution in [1.29, 1.82) is 5.26 Å². The molecule has 2 saturated carbocycles. The van der Waals surface area contributed by atoms with Crippen molar-refractivity contribution in [2.75, 3.05) is 50.7 Å². The van der Waals surface area contributed by atoms with Crippen LogP contribution in [0.1, 0.15) is 67.9 Å². The number of amides is 5. The number of anilines is 1. The van der Waals surface area contributed by atoms with Gasteiger partial charge in [0, 0.05) is 76.3 Å². The van der Waals surface area contributed by atoms with Crippen LogP contribution in [0, 0.1) is 29.1 Å². The van der Waals surface area contributed by atoms with Crippen molar-refractivity contribution >= 4 is 47.0 Å². The maximum Gasteiger partial charge on any atom is 0.272 e. The van der Waals surface area contributed by atoms with Gasteiger partial charge in [-0.1, -0.05) is 11.6 Å². The summed E-state index contributed by atoms with van der Waals surface area (Å²) in [6.45, 7) is 7.05. The van der Waals surface area contributed by atoms with E-state index in [-0.39, 0.29) is 54.2 Å². The predicted octanol–water partition coefficient (Wildman–Crippen LogP) is 2.91. The SMILES string of the molecule is CC1(F)CC2=C(C=C1N1C[C@@H]3[C@@H](CN4CCN(c5ccc(C(=O)N[C@H]6CC[C@H](Oc7ccc(C#N)c(Cl)c7)CC6)nn5)CC4)[C@@H]3C1)C(=O)N(C1CCC(=O)NC1=O)C2=O. The summed E-state index contributed by atoms with van der Waals surface area (Å²) >= 11 is 6.14. The third kappa shape index (κ3) is 7.55. The van der Waals surface area contributed by atoms with Crippen LogP contribution in [0.25, 0.3) is 0 Å². The number of rotatable bonds is 9. The number of carbonyl (C=O) groups excluding carboxylic acids is 5. The topological polar surface area (TPSA) is 181 Å². The van der Waals surface area contributed by atoms with Crippen molar-refractivity contribution in [2.24, 2.45) is 17.8 Å². The van der Waals surface area contributed by atoms with Crippen LogP contribution in [0.2, 0.25) is 5.02 Å². The highest BCUT2D eigenvalue weighted by Gasteiger charge is 2.58. The Bertz CT molecular complexity index is 2200. The van der Waals surface area contributed by atoms with Gasteiger partial charge in [0.2, 0.25) is 11.8 Å². The number of carbonyl (C=O) groups is 5. The molecule has 3 saturated heterocycles. The zero-order chi connectivity index (χ0) is 41.2. The second kappa shape index (κ2) is 15.3. The van der Waals surface area contributed by atoms with Crippen LogP contribution in [0.15, 0.2) is 53.3 Å². The molecule has 1 aromatic carbocycles. The quantitative estimate of drug-likeness (QED) is 0.354. The van der Waals surface area contributed by atoms with E-state index in [4.69, 9.17) is 21.6 Å². The monoisotopic (exact) mass is 825 g/mol. The molecule has 308 valence electrons. The summed E-state index contributed by atoms with van der Waals surface area (Å²) in [4.78, 5) is 71.5. The molecular formula is C42H45ClFN9O6. The molecule has 2 aromatic rings. The summed E-state index contributed by atoms with van der Waals surface area (Å²) in [6, 6.07) is 9.61. The number of alkyl halides is 1. The summed E-state index contributed by atoms with van der Waals surface area (Å²) in [5.41, 5.74) is -0.509. The zero-order valence-electron chi connectivity index (χ0n) is 32.7. The number of hydrogen-bond donors (Lipinski definition) is 2. The van der Waals surface area contributed by atoms with Gasteiger partial charge in [-0.2, -0.15) is 5.26 Å². The lowest BCUT2D eigenvalue weighted by molar-refractivity contribution is -0.150. The summed E-state index contributed by atoms with van der Waals surface area (Å²) in [5, 5.41) is 23.4. The lowest BCUT2D eigenvalue weighted by Gasteiger charge is -2.37. The average Bonchev–Trinajstić information content (AvgIpc) is 3.52. The normalized spacial score (nSPS) is 30.7. The van der Waals surface area contributed by atoms with Crippen LogP contribution >= 0.6 is 11.6 Å². The van der Waals surface area contributed by atoms with E-state index in [0.29, 0.717) is 52.9 Å². The number of hydrogen-bond acceptors (Lipinski definition) is 12. The molecule has 2 N–H and O–H groups in total. The van der Waals surface area contributed by atoms with Crippen LogP contribution in [-0.2, 0) is 19.2 Å². The molecular weight excluding hydrogens is 781 g/mol. The Labute approximate surface area is 345 Å². The van der Waals surface area contributed by atoms with Gasteiger partial charge < -0.3 is 19.9 Å². The summed E-state index contributed by atoms with van der Waals surface area (Å²) in [7, 11) is 0. The molecule has 5 amide bonds. The van der Waals surface area contributed by atoms with Crippen LogP contribution < -0.4 is 20.3 Å². The first kappa shape index (κ1) is 39.1. The van der Waals surface area contributed by atoms with E-state index < -0.39 is 35.3 Å². The zero-order valence-corrected chi connectivity index (χ0v) is 33.4. The number of allylic oxidation sites excluding steroid dienone is 1. The molecule has 9 rings (SSSR count). The van der Waals surface area contributed by atoms with E-state index in [2.05, 4.69) is 30.6 Å². The van der Waals surface area contributed by atoms with E-state index in [1.807, 2.05) is 17.0 Å². The van der Waals surface area contributed by atoms with Gasteiger partial charge >= 0.3 is 0 Å². The number of piperazine rings is 1. The van der Waals surface area contributed by atoms with Gasteiger partial charge in [-0.3, -0.25) is 39.1 Å². The third-order valence-corrected chi connectivity index (χ3v) is 13.5. The number of nitrogens with one attached hydrogen (secondary N) is 2. The average molecular weight is 826 g/mol. The van der Waals surface area contributed by atoms with Crippen LogP contribution in [0.4, 0.5) is 10.2 Å². The molecule has 5 atom stereocenters. The number of piperidine rings is 2. The molecule has 0 spiro atoms. The fraction of sp³-hybridized carbons (Fsp3) is 0.524. The van der Waals surface area contributed by atoms with Gasteiger partial charge in [0.25, 0.3) is 17.7 Å². The highest BCUT2D eigenvalue weighted by Crippen LogP contribution is 2.55. The van der Waals surface area contributed by atoms with Crippen LogP contribution in [0.5, 0.6) is 5.75 Å². The number of ether oxygens (including phenoxy) is 1. The van der Waals surface area contributed by atoms with E-state index in [1.165, 1.54) is 13.0 Å². The van der Waals surface area contributed by atoms with Crippen molar-refractivity contribution in [3.63, 3.8) is 0 Å². The fourth-order valence-electron chi connectivity index (χ4n) is 9.90. The van der Waals surface area contributed by atoms with Crippen LogP contribution in [-0.4, -0.2) is 124 Å². The Morgan fingerprint density at radius 1 is 1.00 bits per heavy atom. The molecule has 7 aliphatic rings. The molecule has 0 bridgehead atoms. The van der Waals surface area contributed by atoms with Gasteiger partial charge in [0.15, 0.2) is 17.2 Å². The number of fused-ring (bicyclic) bond motifs is 1. The molecule has 5 fully saturated rings. The van der Waals surface area contributed by atoms with Gasteiger partial charge in [-0.05, 0) is 87.1 Å². The van der Waals surface area contributed by atoms with Gasteiger partial charge in [-0.25, -0.2) is 4.39 Å². The van der Waals surface area contributed by atoms with E-state index >= 15 is 4.39 Å². The molecule has 59 heavy (non-hydrogen) atoms. The highest BCUT2D eigenvalue weighted by atomic mass is 35.5.